The SMILES string of the molecule is c1ccc(-n2c(-c3cccc(-c4cc(-c5ccc6c(c5)c5ccccc5n6-c5ccccc5)c5c(c4)oc4ccccc45)c3)nc3ccccc32)cc1. The average molecular weight is 678 g/mol. The van der Waals surface area contributed by atoms with Crippen LogP contribution in [0.15, 0.2) is 192 Å². The van der Waals surface area contributed by atoms with Crippen molar-refractivity contribution in [1.29, 1.82) is 0 Å². The minimum Gasteiger partial charge on any atom is -0.456 e. The number of aromatic nitrogens is 3. The van der Waals surface area contributed by atoms with Crippen LogP contribution in [0.4, 0.5) is 0 Å². The summed E-state index contributed by atoms with van der Waals surface area (Å²) in [4.78, 5) is 5.16. The summed E-state index contributed by atoms with van der Waals surface area (Å²) in [6.07, 6.45) is 0. The Morgan fingerprint density at radius 2 is 1.04 bits per heavy atom. The van der Waals surface area contributed by atoms with E-state index in [0.717, 1.165) is 78.0 Å². The highest BCUT2D eigenvalue weighted by Crippen LogP contribution is 2.43. The van der Waals surface area contributed by atoms with E-state index in [2.05, 4.69) is 179 Å². The van der Waals surface area contributed by atoms with E-state index in [1.165, 1.54) is 21.8 Å². The van der Waals surface area contributed by atoms with Gasteiger partial charge in [0.25, 0.3) is 0 Å². The number of para-hydroxylation sites is 6. The summed E-state index contributed by atoms with van der Waals surface area (Å²) < 4.78 is 11.2. The third kappa shape index (κ3) is 4.66. The van der Waals surface area contributed by atoms with Crippen LogP contribution in [0, 0.1) is 0 Å². The minimum atomic E-state index is 0.868. The number of rotatable bonds is 5. The van der Waals surface area contributed by atoms with Crippen LogP contribution < -0.4 is 0 Å². The molecule has 3 heterocycles. The fourth-order valence-electron chi connectivity index (χ4n) is 8.14. The Morgan fingerprint density at radius 1 is 0.377 bits per heavy atom. The first kappa shape index (κ1) is 29.5. The Morgan fingerprint density at radius 3 is 1.87 bits per heavy atom. The van der Waals surface area contributed by atoms with E-state index in [1.54, 1.807) is 0 Å². The first-order chi connectivity index (χ1) is 26.3. The van der Waals surface area contributed by atoms with Crippen molar-refractivity contribution in [2.45, 2.75) is 0 Å². The third-order valence-corrected chi connectivity index (χ3v) is 10.5. The maximum atomic E-state index is 6.61. The molecule has 0 aliphatic heterocycles. The van der Waals surface area contributed by atoms with Crippen molar-refractivity contribution in [3.8, 4) is 45.0 Å². The highest BCUT2D eigenvalue weighted by molar-refractivity contribution is 6.16. The van der Waals surface area contributed by atoms with Gasteiger partial charge in [-0.2, -0.15) is 0 Å². The lowest BCUT2D eigenvalue weighted by atomic mass is 9.93. The molecule has 0 atom stereocenters. The first-order valence-electron chi connectivity index (χ1n) is 18.0. The van der Waals surface area contributed by atoms with E-state index in [9.17, 15) is 0 Å². The number of imidazole rings is 1. The topological polar surface area (TPSA) is 35.9 Å². The summed E-state index contributed by atoms with van der Waals surface area (Å²) in [5.74, 6) is 0.907. The molecule has 248 valence electrons. The molecule has 0 unspecified atom stereocenters. The molecule has 0 radical (unpaired) electrons. The van der Waals surface area contributed by atoms with Crippen molar-refractivity contribution in [3.63, 3.8) is 0 Å². The van der Waals surface area contributed by atoms with Gasteiger partial charge in [0.15, 0.2) is 0 Å². The van der Waals surface area contributed by atoms with Gasteiger partial charge in [0.05, 0.1) is 22.1 Å². The molecule has 0 amide bonds. The molecule has 3 aromatic heterocycles. The average Bonchev–Trinajstić information content (AvgIpc) is 3.91. The molecule has 0 spiro atoms. The zero-order valence-corrected chi connectivity index (χ0v) is 28.6. The van der Waals surface area contributed by atoms with Gasteiger partial charge in [0, 0.05) is 38.5 Å². The van der Waals surface area contributed by atoms with Gasteiger partial charge in [-0.15, -0.1) is 0 Å². The molecule has 11 rings (SSSR count). The lowest BCUT2D eigenvalue weighted by Crippen LogP contribution is -1.97. The van der Waals surface area contributed by atoms with Gasteiger partial charge in [0.2, 0.25) is 0 Å². The van der Waals surface area contributed by atoms with Gasteiger partial charge < -0.3 is 8.98 Å². The summed E-state index contributed by atoms with van der Waals surface area (Å²) in [6, 6.07) is 66.6. The second-order valence-corrected chi connectivity index (χ2v) is 13.6. The fraction of sp³-hybridized carbons (Fsp3) is 0. The summed E-state index contributed by atoms with van der Waals surface area (Å²) in [7, 11) is 0. The van der Waals surface area contributed by atoms with Crippen molar-refractivity contribution < 1.29 is 4.42 Å². The Hall–Kier alpha value is -7.17. The van der Waals surface area contributed by atoms with Crippen LogP contribution in [0.25, 0.3) is 99.8 Å². The fourth-order valence-corrected chi connectivity index (χ4v) is 8.14. The molecule has 53 heavy (non-hydrogen) atoms. The molecule has 0 aliphatic rings. The molecule has 0 saturated heterocycles. The van der Waals surface area contributed by atoms with E-state index in [1.807, 2.05) is 18.2 Å². The number of fused-ring (bicyclic) bond motifs is 7. The van der Waals surface area contributed by atoms with Crippen molar-refractivity contribution in [2.24, 2.45) is 0 Å². The standard InChI is InChI=1S/C49H31N3O/c1-3-16-36(17-4-1)51-43-23-10-7-20-38(43)41-29-33(26-27-44(41)51)40-30-35(31-47-48(40)39-21-8-12-25-46(39)53-47)32-14-13-15-34(28-32)49-50-42-22-9-11-24-45(42)52(49)37-18-5-2-6-19-37/h1-31H. The molecular formula is C49H31N3O. The maximum absolute atomic E-state index is 6.61. The van der Waals surface area contributed by atoms with Crippen LogP contribution in [0.5, 0.6) is 0 Å². The van der Waals surface area contributed by atoms with Gasteiger partial charge in [-0.3, -0.25) is 4.57 Å². The molecular weight excluding hydrogens is 647 g/mol. The molecule has 11 aromatic rings. The van der Waals surface area contributed by atoms with E-state index in [-0.39, 0.29) is 0 Å². The second-order valence-electron chi connectivity index (χ2n) is 13.6. The molecule has 0 bridgehead atoms. The monoisotopic (exact) mass is 677 g/mol. The number of hydrogen-bond acceptors (Lipinski definition) is 2. The van der Waals surface area contributed by atoms with Crippen LogP contribution in [0.3, 0.4) is 0 Å². The van der Waals surface area contributed by atoms with Crippen LogP contribution >= 0.6 is 0 Å². The van der Waals surface area contributed by atoms with E-state index >= 15 is 0 Å². The number of nitrogens with zero attached hydrogens (tertiary/aromatic N) is 3. The van der Waals surface area contributed by atoms with Crippen molar-refractivity contribution in [1.82, 2.24) is 14.1 Å². The summed E-state index contributed by atoms with van der Waals surface area (Å²) in [5, 5.41) is 4.68. The largest absolute Gasteiger partial charge is 0.456 e. The highest BCUT2D eigenvalue weighted by Gasteiger charge is 2.19. The van der Waals surface area contributed by atoms with Gasteiger partial charge in [-0.25, -0.2) is 4.98 Å². The van der Waals surface area contributed by atoms with E-state index in [4.69, 9.17) is 9.40 Å². The van der Waals surface area contributed by atoms with E-state index < -0.39 is 0 Å². The molecule has 0 fully saturated rings. The quantitative estimate of drug-likeness (QED) is 0.182. The summed E-state index contributed by atoms with van der Waals surface area (Å²) >= 11 is 0. The number of hydrogen-bond donors (Lipinski definition) is 0. The Bertz CT molecular complexity index is 3170. The van der Waals surface area contributed by atoms with Crippen LogP contribution in [0.2, 0.25) is 0 Å². The Labute approximate surface area is 305 Å². The number of furan rings is 1. The van der Waals surface area contributed by atoms with Gasteiger partial charge in [0.1, 0.15) is 17.0 Å². The van der Waals surface area contributed by atoms with Crippen molar-refractivity contribution in [3.05, 3.63) is 188 Å². The lowest BCUT2D eigenvalue weighted by Gasteiger charge is -2.12. The van der Waals surface area contributed by atoms with Crippen molar-refractivity contribution in [2.75, 3.05) is 0 Å². The molecule has 0 N–H and O–H groups in total. The molecule has 4 heteroatoms. The van der Waals surface area contributed by atoms with E-state index in [0.29, 0.717) is 0 Å². The smallest absolute Gasteiger partial charge is 0.145 e. The van der Waals surface area contributed by atoms with Crippen LogP contribution in [0.1, 0.15) is 0 Å². The third-order valence-electron chi connectivity index (χ3n) is 10.5. The maximum Gasteiger partial charge on any atom is 0.145 e. The lowest BCUT2D eigenvalue weighted by molar-refractivity contribution is 0.669. The molecule has 4 nitrogen and oxygen atoms in total. The first-order valence-corrected chi connectivity index (χ1v) is 18.0. The van der Waals surface area contributed by atoms with Crippen molar-refractivity contribution >= 4 is 54.8 Å². The zero-order chi connectivity index (χ0) is 34.9. The summed E-state index contributed by atoms with van der Waals surface area (Å²) in [5.41, 5.74) is 13.9. The van der Waals surface area contributed by atoms with Gasteiger partial charge in [-0.1, -0.05) is 109 Å². The molecule has 0 saturated carbocycles. The second kappa shape index (κ2) is 11.7. The van der Waals surface area contributed by atoms with Gasteiger partial charge >= 0.3 is 0 Å². The molecule has 8 aromatic carbocycles. The zero-order valence-electron chi connectivity index (χ0n) is 28.6. The van der Waals surface area contributed by atoms with Crippen LogP contribution in [-0.4, -0.2) is 14.1 Å². The summed E-state index contributed by atoms with van der Waals surface area (Å²) in [6.45, 7) is 0. The highest BCUT2D eigenvalue weighted by atomic mass is 16.3. The molecule has 0 aliphatic carbocycles. The number of benzene rings is 8. The van der Waals surface area contributed by atoms with Gasteiger partial charge in [-0.05, 0) is 101 Å². The predicted molar refractivity (Wildman–Crippen MR) is 219 cm³/mol. The Balaban J connectivity index is 1.13. The minimum absolute atomic E-state index is 0.868. The Kier molecular flexibility index (Phi) is 6.52. The normalized spacial score (nSPS) is 11.8. The predicted octanol–water partition coefficient (Wildman–Crippen LogP) is 13.0. The van der Waals surface area contributed by atoms with Crippen LogP contribution in [-0.2, 0) is 0 Å².